The molecule has 1 aliphatic heterocycles. The summed E-state index contributed by atoms with van der Waals surface area (Å²) >= 11 is 1.44. The zero-order chi connectivity index (χ0) is 26.7. The third kappa shape index (κ3) is 6.34. The molecule has 1 aromatic carbocycles. The molecule has 0 spiro atoms. The van der Waals surface area contributed by atoms with Gasteiger partial charge in [-0.25, -0.2) is 19.7 Å². The van der Waals surface area contributed by atoms with Crippen molar-refractivity contribution in [3.8, 4) is 16.3 Å². The van der Waals surface area contributed by atoms with Gasteiger partial charge in [0.1, 0.15) is 17.4 Å². The third-order valence-electron chi connectivity index (χ3n) is 5.88. The van der Waals surface area contributed by atoms with E-state index in [4.69, 9.17) is 4.74 Å². The fourth-order valence-corrected chi connectivity index (χ4v) is 4.70. The Kier molecular flexibility index (Phi) is 7.62. The molecule has 0 radical (unpaired) electrons. The lowest BCUT2D eigenvalue weighted by Gasteiger charge is -2.22. The second kappa shape index (κ2) is 10.7. The molecule has 0 unspecified atom stereocenters. The van der Waals surface area contributed by atoms with Gasteiger partial charge in [-0.3, -0.25) is 4.79 Å². The highest BCUT2D eigenvalue weighted by molar-refractivity contribution is 7.14. The van der Waals surface area contributed by atoms with Crippen LogP contribution in [0.4, 0.5) is 18.0 Å². The lowest BCUT2D eigenvalue weighted by Crippen LogP contribution is -2.38. The molecule has 37 heavy (non-hydrogen) atoms. The van der Waals surface area contributed by atoms with E-state index in [0.717, 1.165) is 23.7 Å². The van der Waals surface area contributed by atoms with Crippen molar-refractivity contribution in [3.05, 3.63) is 58.6 Å². The van der Waals surface area contributed by atoms with Crippen molar-refractivity contribution in [3.63, 3.8) is 0 Å². The van der Waals surface area contributed by atoms with Crippen LogP contribution < -0.4 is 10.1 Å². The largest absolute Gasteiger partial charge is 0.491 e. The van der Waals surface area contributed by atoms with Crippen LogP contribution in [-0.2, 0) is 6.18 Å². The Labute approximate surface area is 214 Å². The van der Waals surface area contributed by atoms with E-state index in [2.05, 4.69) is 20.3 Å². The maximum atomic E-state index is 13.1. The molecule has 3 aromatic rings. The van der Waals surface area contributed by atoms with E-state index in [1.807, 2.05) is 6.92 Å². The zero-order valence-corrected chi connectivity index (χ0v) is 20.8. The van der Waals surface area contributed by atoms with Gasteiger partial charge in [0.15, 0.2) is 0 Å². The predicted molar refractivity (Wildman–Crippen MR) is 128 cm³/mol. The van der Waals surface area contributed by atoms with Crippen molar-refractivity contribution in [1.82, 2.24) is 25.2 Å². The number of nitrogens with one attached hydrogen (secondary N) is 1. The van der Waals surface area contributed by atoms with Crippen molar-refractivity contribution in [2.24, 2.45) is 0 Å². The summed E-state index contributed by atoms with van der Waals surface area (Å²) in [7, 11) is 0. The quantitative estimate of drug-likeness (QED) is 0.440. The molecule has 13 heteroatoms. The number of rotatable bonds is 7. The average Bonchev–Trinajstić information content (AvgIpc) is 3.51. The van der Waals surface area contributed by atoms with Crippen molar-refractivity contribution in [1.29, 1.82) is 0 Å². The molecule has 1 saturated heterocycles. The van der Waals surface area contributed by atoms with Crippen LogP contribution in [0.2, 0.25) is 0 Å². The minimum absolute atomic E-state index is 0.132. The first-order valence-electron chi connectivity index (χ1n) is 11.4. The highest BCUT2D eigenvalue weighted by Crippen LogP contribution is 2.31. The number of carboxylic acid groups (broad SMARTS) is 1. The first kappa shape index (κ1) is 26.3. The number of carbonyl (C=O) groups is 2. The molecular weight excluding hydrogens is 511 g/mol. The van der Waals surface area contributed by atoms with Gasteiger partial charge in [0, 0.05) is 46.7 Å². The third-order valence-corrected chi connectivity index (χ3v) is 6.84. The monoisotopic (exact) mass is 535 g/mol. The van der Waals surface area contributed by atoms with E-state index in [1.165, 1.54) is 22.3 Å². The van der Waals surface area contributed by atoms with Gasteiger partial charge in [-0.1, -0.05) is 0 Å². The Morgan fingerprint density at radius 1 is 1.22 bits per heavy atom. The number of hydrogen-bond donors (Lipinski definition) is 2. The predicted octanol–water partition coefficient (Wildman–Crippen LogP) is 4.94. The van der Waals surface area contributed by atoms with E-state index in [-0.39, 0.29) is 18.2 Å². The van der Waals surface area contributed by atoms with Gasteiger partial charge in [-0.15, -0.1) is 11.3 Å². The van der Waals surface area contributed by atoms with Crippen molar-refractivity contribution < 1.29 is 32.6 Å². The molecule has 1 fully saturated rings. The Morgan fingerprint density at radius 3 is 2.57 bits per heavy atom. The summed E-state index contributed by atoms with van der Waals surface area (Å²) < 4.78 is 44.2. The summed E-state index contributed by atoms with van der Waals surface area (Å²) in [6.45, 7) is 4.09. The van der Waals surface area contributed by atoms with Gasteiger partial charge < -0.3 is 20.1 Å². The van der Waals surface area contributed by atoms with Gasteiger partial charge in [0.05, 0.1) is 12.1 Å². The first-order valence-corrected chi connectivity index (χ1v) is 12.2. The molecule has 4 rings (SSSR count). The smallest absolute Gasteiger partial charge is 0.451 e. The van der Waals surface area contributed by atoms with Crippen LogP contribution in [0.3, 0.4) is 0 Å². The van der Waals surface area contributed by atoms with E-state index < -0.39 is 30.0 Å². The number of ether oxygens (including phenoxy) is 1. The summed E-state index contributed by atoms with van der Waals surface area (Å²) in [5.74, 6) is -1.37. The Morgan fingerprint density at radius 2 is 1.95 bits per heavy atom. The minimum atomic E-state index is -4.66. The van der Waals surface area contributed by atoms with Gasteiger partial charge in [-0.05, 0) is 44.9 Å². The van der Waals surface area contributed by atoms with Crippen LogP contribution in [-0.4, -0.2) is 56.2 Å². The van der Waals surface area contributed by atoms with Gasteiger partial charge in [0.2, 0.25) is 5.82 Å². The van der Waals surface area contributed by atoms with E-state index in [9.17, 15) is 27.9 Å². The van der Waals surface area contributed by atoms with Crippen LogP contribution in [0.1, 0.15) is 52.4 Å². The number of nitrogens with zero attached hydrogens (tertiary/aromatic N) is 4. The summed E-state index contributed by atoms with van der Waals surface area (Å²) in [4.78, 5) is 37.9. The number of likely N-dealkylation sites (tertiary alicyclic amines) is 1. The highest BCUT2D eigenvalue weighted by atomic mass is 32.1. The molecule has 2 aromatic heterocycles. The molecule has 3 heterocycles. The second-order valence-corrected chi connectivity index (χ2v) is 9.87. The average molecular weight is 536 g/mol. The van der Waals surface area contributed by atoms with Crippen LogP contribution in [0.15, 0.2) is 36.8 Å². The summed E-state index contributed by atoms with van der Waals surface area (Å²) in [6, 6.07) is 3.96. The van der Waals surface area contributed by atoms with E-state index in [1.54, 1.807) is 25.3 Å². The minimum Gasteiger partial charge on any atom is -0.491 e. The van der Waals surface area contributed by atoms with Crippen LogP contribution in [0.5, 0.6) is 5.75 Å². The van der Waals surface area contributed by atoms with Crippen molar-refractivity contribution in [2.45, 2.75) is 44.9 Å². The number of hydrogen-bond acceptors (Lipinski definition) is 7. The molecule has 196 valence electrons. The topological polar surface area (TPSA) is 118 Å². The standard InChI is InChI=1S/C24H24F3N5O4S/c1-13-9-28-21(37-13)16-6-15(7-19(8-16)36-12-18-4-3-5-32(18)23(34)35)20(33)31-14(2)17-10-29-22(30-11-17)24(25,26)27/h6-11,14,18H,3-5,12H2,1-2H3,(H,31,33)(H,34,35)/t14-,18+/m1/s1. The maximum absolute atomic E-state index is 13.1. The fraction of sp³-hybridized carbons (Fsp3) is 0.375. The number of thiazole rings is 1. The van der Waals surface area contributed by atoms with E-state index >= 15 is 0 Å². The van der Waals surface area contributed by atoms with Crippen LogP contribution >= 0.6 is 11.3 Å². The molecule has 2 atom stereocenters. The Balaban J connectivity index is 1.54. The SMILES string of the molecule is Cc1cnc(-c2cc(OC[C@@H]3CCCN3C(=O)O)cc(C(=O)N[C@H](C)c3cnc(C(F)(F)F)nc3)c2)s1. The lowest BCUT2D eigenvalue weighted by molar-refractivity contribution is -0.145. The molecule has 0 aliphatic carbocycles. The van der Waals surface area contributed by atoms with Gasteiger partial charge >= 0.3 is 12.3 Å². The number of alkyl halides is 3. The number of aromatic nitrogens is 3. The van der Waals surface area contributed by atoms with Gasteiger partial charge in [0.25, 0.3) is 5.91 Å². The van der Waals surface area contributed by atoms with Crippen molar-refractivity contribution in [2.75, 3.05) is 13.2 Å². The maximum Gasteiger partial charge on any atom is 0.451 e. The fourth-order valence-electron chi connectivity index (χ4n) is 3.95. The molecule has 1 aliphatic rings. The molecule has 2 N–H and O–H groups in total. The molecule has 0 saturated carbocycles. The molecule has 2 amide bonds. The number of aryl methyl sites for hydroxylation is 1. The summed E-state index contributed by atoms with van der Waals surface area (Å²) in [6.07, 6.45) is -0.464. The zero-order valence-electron chi connectivity index (χ0n) is 20.0. The normalized spacial score (nSPS) is 16.5. The summed E-state index contributed by atoms with van der Waals surface area (Å²) in [5, 5.41) is 12.8. The van der Waals surface area contributed by atoms with Gasteiger partial charge in [-0.2, -0.15) is 13.2 Å². The summed E-state index contributed by atoms with van der Waals surface area (Å²) in [5.41, 5.74) is 1.20. The molecule has 0 bridgehead atoms. The number of amides is 2. The molecule has 9 nitrogen and oxygen atoms in total. The second-order valence-electron chi connectivity index (χ2n) is 8.64. The Bertz CT molecular complexity index is 1280. The number of halogens is 3. The number of benzene rings is 1. The highest BCUT2D eigenvalue weighted by Gasteiger charge is 2.34. The van der Waals surface area contributed by atoms with Crippen LogP contribution in [0.25, 0.3) is 10.6 Å². The number of carbonyl (C=O) groups excluding carboxylic acids is 1. The van der Waals surface area contributed by atoms with E-state index in [0.29, 0.717) is 34.8 Å². The first-order chi connectivity index (χ1) is 17.5. The lowest BCUT2D eigenvalue weighted by atomic mass is 10.1. The molecular formula is C24H24F3N5O4S. The van der Waals surface area contributed by atoms with Crippen LogP contribution in [0, 0.1) is 6.92 Å². The Hall–Kier alpha value is -3.74. The van der Waals surface area contributed by atoms with Crippen molar-refractivity contribution >= 4 is 23.3 Å².